The number of nitrogens with zero attached hydrogens (tertiary/aromatic N) is 1. The first kappa shape index (κ1) is 13.7. The van der Waals surface area contributed by atoms with Crippen molar-refractivity contribution in [3.8, 4) is 11.5 Å². The Labute approximate surface area is 123 Å². The van der Waals surface area contributed by atoms with Crippen LogP contribution in [-0.4, -0.2) is 37.5 Å². The predicted molar refractivity (Wildman–Crippen MR) is 76.5 cm³/mol. The van der Waals surface area contributed by atoms with E-state index >= 15 is 0 Å². The summed E-state index contributed by atoms with van der Waals surface area (Å²) in [4.78, 5) is 13.2. The molecule has 20 heavy (non-hydrogen) atoms. The first-order valence-corrected chi connectivity index (χ1v) is 7.40. The van der Waals surface area contributed by atoms with E-state index in [9.17, 15) is 4.79 Å². The number of ether oxygens (including phenoxy) is 2. The Morgan fingerprint density at radius 2 is 2.20 bits per heavy atom. The van der Waals surface area contributed by atoms with Gasteiger partial charge in [0.1, 0.15) is 19.5 Å². The molecule has 2 aliphatic heterocycles. The predicted octanol–water partition coefficient (Wildman–Crippen LogP) is 2.52. The van der Waals surface area contributed by atoms with Crippen LogP contribution in [0.25, 0.3) is 0 Å². The van der Waals surface area contributed by atoms with Crippen molar-refractivity contribution in [2.45, 2.75) is 19.4 Å². The standard InChI is InChI=1S/C15H18ClNO3/c16-13-6-12(7-14-15(13)20-5-4-19-14)9-17-3-1-2-11(8-17)10-18/h6-7,10-11H,1-5,8-9H2. The molecule has 3 rings (SSSR count). The molecule has 1 atom stereocenters. The van der Waals surface area contributed by atoms with Crippen LogP contribution in [0.2, 0.25) is 5.02 Å². The summed E-state index contributed by atoms with van der Waals surface area (Å²) in [7, 11) is 0. The molecule has 2 heterocycles. The number of likely N-dealkylation sites (tertiary alicyclic amines) is 1. The molecule has 1 fully saturated rings. The molecule has 0 amide bonds. The minimum atomic E-state index is 0.163. The van der Waals surface area contributed by atoms with Gasteiger partial charge < -0.3 is 14.3 Å². The van der Waals surface area contributed by atoms with Crippen LogP contribution in [0.15, 0.2) is 12.1 Å². The van der Waals surface area contributed by atoms with Crippen molar-refractivity contribution in [2.75, 3.05) is 26.3 Å². The zero-order valence-corrected chi connectivity index (χ0v) is 12.1. The third kappa shape index (κ3) is 2.91. The van der Waals surface area contributed by atoms with Gasteiger partial charge in [-0.05, 0) is 37.1 Å². The summed E-state index contributed by atoms with van der Waals surface area (Å²) in [6.07, 6.45) is 3.15. The van der Waals surface area contributed by atoms with Crippen molar-refractivity contribution in [1.82, 2.24) is 4.90 Å². The van der Waals surface area contributed by atoms with Crippen molar-refractivity contribution < 1.29 is 14.3 Å². The van der Waals surface area contributed by atoms with E-state index in [1.807, 2.05) is 12.1 Å². The molecule has 4 nitrogen and oxygen atoms in total. The summed E-state index contributed by atoms with van der Waals surface area (Å²) in [5.41, 5.74) is 1.10. The van der Waals surface area contributed by atoms with Gasteiger partial charge in [-0.3, -0.25) is 4.90 Å². The van der Waals surface area contributed by atoms with E-state index in [4.69, 9.17) is 21.1 Å². The highest BCUT2D eigenvalue weighted by atomic mass is 35.5. The molecule has 2 aliphatic rings. The van der Waals surface area contributed by atoms with Crippen molar-refractivity contribution >= 4 is 17.9 Å². The summed E-state index contributed by atoms with van der Waals surface area (Å²) in [5, 5.41) is 0.598. The number of piperidine rings is 1. The van der Waals surface area contributed by atoms with Crippen molar-refractivity contribution in [3.63, 3.8) is 0 Å². The molecule has 0 aromatic heterocycles. The van der Waals surface area contributed by atoms with Crippen LogP contribution < -0.4 is 9.47 Å². The minimum absolute atomic E-state index is 0.163. The Balaban J connectivity index is 1.74. The molecule has 0 saturated carbocycles. The van der Waals surface area contributed by atoms with Crippen molar-refractivity contribution in [2.24, 2.45) is 5.92 Å². The Kier molecular flexibility index (Phi) is 4.13. The molecule has 0 aliphatic carbocycles. The number of halogens is 1. The molecule has 0 radical (unpaired) electrons. The lowest BCUT2D eigenvalue weighted by atomic mass is 9.99. The number of carbonyl (C=O) groups excluding carboxylic acids is 1. The van der Waals surface area contributed by atoms with Gasteiger partial charge in [0.2, 0.25) is 0 Å². The molecule has 1 saturated heterocycles. The maximum atomic E-state index is 10.9. The molecule has 5 heteroatoms. The van der Waals surface area contributed by atoms with E-state index < -0.39 is 0 Å². The lowest BCUT2D eigenvalue weighted by Gasteiger charge is -2.30. The third-order valence-corrected chi connectivity index (χ3v) is 4.08. The zero-order valence-electron chi connectivity index (χ0n) is 11.3. The van der Waals surface area contributed by atoms with Crippen LogP contribution in [-0.2, 0) is 11.3 Å². The van der Waals surface area contributed by atoms with Crippen LogP contribution in [0.1, 0.15) is 18.4 Å². The number of aldehydes is 1. The molecule has 0 spiro atoms. The second-order valence-electron chi connectivity index (χ2n) is 5.38. The minimum Gasteiger partial charge on any atom is -0.486 e. The number of carbonyl (C=O) groups is 1. The van der Waals surface area contributed by atoms with Crippen LogP contribution in [0.5, 0.6) is 11.5 Å². The molecule has 1 aromatic rings. The Hall–Kier alpha value is -1.26. The van der Waals surface area contributed by atoms with Gasteiger partial charge in [-0.2, -0.15) is 0 Å². The van der Waals surface area contributed by atoms with Crippen LogP contribution in [0.3, 0.4) is 0 Å². The summed E-state index contributed by atoms with van der Waals surface area (Å²) in [5.74, 6) is 1.53. The Bertz CT molecular complexity index is 506. The molecule has 108 valence electrons. The molecule has 0 N–H and O–H groups in total. The van der Waals surface area contributed by atoms with E-state index in [0.29, 0.717) is 24.0 Å². The smallest absolute Gasteiger partial charge is 0.179 e. The lowest BCUT2D eigenvalue weighted by molar-refractivity contribution is -0.112. The fourth-order valence-electron chi connectivity index (χ4n) is 2.86. The highest BCUT2D eigenvalue weighted by molar-refractivity contribution is 6.32. The quantitative estimate of drug-likeness (QED) is 0.803. The number of hydrogen-bond acceptors (Lipinski definition) is 4. The van der Waals surface area contributed by atoms with Crippen LogP contribution >= 0.6 is 11.6 Å². The topological polar surface area (TPSA) is 38.8 Å². The van der Waals surface area contributed by atoms with Crippen molar-refractivity contribution in [1.29, 1.82) is 0 Å². The highest BCUT2D eigenvalue weighted by Gasteiger charge is 2.21. The largest absolute Gasteiger partial charge is 0.486 e. The fourth-order valence-corrected chi connectivity index (χ4v) is 3.15. The second-order valence-corrected chi connectivity index (χ2v) is 5.78. The molecular weight excluding hydrogens is 278 g/mol. The summed E-state index contributed by atoms with van der Waals surface area (Å²) in [6, 6.07) is 3.92. The van der Waals surface area contributed by atoms with E-state index in [2.05, 4.69) is 4.90 Å². The fraction of sp³-hybridized carbons (Fsp3) is 0.533. The summed E-state index contributed by atoms with van der Waals surface area (Å²) < 4.78 is 11.1. The average molecular weight is 296 g/mol. The van der Waals surface area contributed by atoms with E-state index in [1.54, 1.807) is 0 Å². The van der Waals surface area contributed by atoms with E-state index in [1.165, 1.54) is 0 Å². The van der Waals surface area contributed by atoms with Gasteiger partial charge in [0.15, 0.2) is 11.5 Å². The first-order chi connectivity index (χ1) is 9.76. The van der Waals surface area contributed by atoms with Crippen molar-refractivity contribution in [3.05, 3.63) is 22.7 Å². The van der Waals surface area contributed by atoms with Crippen LogP contribution in [0.4, 0.5) is 0 Å². The normalized spacial score (nSPS) is 22.6. The van der Waals surface area contributed by atoms with Gasteiger partial charge in [0.25, 0.3) is 0 Å². The Morgan fingerprint density at radius 1 is 1.35 bits per heavy atom. The number of hydrogen-bond donors (Lipinski definition) is 0. The monoisotopic (exact) mass is 295 g/mol. The highest BCUT2D eigenvalue weighted by Crippen LogP contribution is 2.38. The SMILES string of the molecule is O=CC1CCCN(Cc2cc(Cl)c3c(c2)OCCO3)C1. The van der Waals surface area contributed by atoms with Gasteiger partial charge in [0, 0.05) is 19.0 Å². The third-order valence-electron chi connectivity index (χ3n) is 3.80. The summed E-state index contributed by atoms with van der Waals surface area (Å²) >= 11 is 6.24. The number of fused-ring (bicyclic) bond motifs is 1. The maximum absolute atomic E-state index is 10.9. The van der Waals surface area contributed by atoms with E-state index in [-0.39, 0.29) is 5.92 Å². The van der Waals surface area contributed by atoms with E-state index in [0.717, 1.165) is 50.1 Å². The molecule has 1 aromatic carbocycles. The molecule has 1 unspecified atom stereocenters. The van der Waals surface area contributed by atoms with Crippen LogP contribution in [0, 0.1) is 5.92 Å². The van der Waals surface area contributed by atoms with Gasteiger partial charge >= 0.3 is 0 Å². The lowest BCUT2D eigenvalue weighted by Crippen LogP contribution is -2.35. The molecular formula is C15H18ClNO3. The number of rotatable bonds is 3. The van der Waals surface area contributed by atoms with Gasteiger partial charge in [-0.1, -0.05) is 11.6 Å². The zero-order chi connectivity index (χ0) is 13.9. The Morgan fingerprint density at radius 3 is 3.05 bits per heavy atom. The van der Waals surface area contributed by atoms with Gasteiger partial charge in [0.05, 0.1) is 5.02 Å². The van der Waals surface area contributed by atoms with Gasteiger partial charge in [-0.25, -0.2) is 0 Å². The molecule has 0 bridgehead atoms. The second kappa shape index (κ2) is 6.02. The summed E-state index contributed by atoms with van der Waals surface area (Å²) in [6.45, 7) is 3.75. The number of benzene rings is 1. The average Bonchev–Trinajstić information content (AvgIpc) is 2.47. The maximum Gasteiger partial charge on any atom is 0.179 e. The first-order valence-electron chi connectivity index (χ1n) is 7.02. The van der Waals surface area contributed by atoms with Gasteiger partial charge in [-0.15, -0.1) is 0 Å².